The third-order valence-electron chi connectivity index (χ3n) is 3.21. The number of fused-ring (bicyclic) bond motifs is 1. The monoisotopic (exact) mass is 214 g/mol. The van der Waals surface area contributed by atoms with Gasteiger partial charge in [-0.25, -0.2) is 0 Å². The number of benzene rings is 1. The second-order valence-electron chi connectivity index (χ2n) is 4.11. The summed E-state index contributed by atoms with van der Waals surface area (Å²) in [5.74, 6) is 1.04. The van der Waals surface area contributed by atoms with Crippen molar-refractivity contribution in [1.29, 1.82) is 0 Å². The molecule has 2 aromatic rings. The maximum absolute atomic E-state index is 5.40. The van der Waals surface area contributed by atoms with Crippen LogP contribution in [0.5, 0.6) is 0 Å². The van der Waals surface area contributed by atoms with Crippen LogP contribution in [0.2, 0.25) is 0 Å². The summed E-state index contributed by atoms with van der Waals surface area (Å²) >= 11 is 0. The number of hydrogen-bond donors (Lipinski definition) is 1. The molecule has 1 aromatic heterocycles. The van der Waals surface area contributed by atoms with E-state index in [2.05, 4.69) is 22.6 Å². The molecule has 16 heavy (non-hydrogen) atoms. The lowest BCUT2D eigenvalue weighted by molar-refractivity contribution is 0.387. The molecular formula is C13H14N2O. The van der Waals surface area contributed by atoms with Crippen LogP contribution in [0.3, 0.4) is 0 Å². The van der Waals surface area contributed by atoms with Gasteiger partial charge in [-0.3, -0.25) is 0 Å². The highest BCUT2D eigenvalue weighted by atomic mass is 16.5. The molecule has 1 N–H and O–H groups in total. The molecule has 0 saturated heterocycles. The fraction of sp³-hybridized carbons (Fsp3) is 0.308. The molecule has 1 aromatic carbocycles. The first kappa shape index (κ1) is 9.60. The molecule has 1 unspecified atom stereocenters. The Kier molecular flexibility index (Phi) is 2.26. The van der Waals surface area contributed by atoms with Crippen molar-refractivity contribution in [2.24, 2.45) is 0 Å². The lowest BCUT2D eigenvalue weighted by Gasteiger charge is -2.09. The van der Waals surface area contributed by atoms with Crippen molar-refractivity contribution in [3.05, 3.63) is 41.7 Å². The summed E-state index contributed by atoms with van der Waals surface area (Å²) in [6.45, 7) is 0. The second-order valence-corrected chi connectivity index (χ2v) is 4.11. The van der Waals surface area contributed by atoms with E-state index >= 15 is 0 Å². The first-order valence-corrected chi connectivity index (χ1v) is 5.61. The van der Waals surface area contributed by atoms with Gasteiger partial charge in [-0.15, -0.1) is 0 Å². The molecular weight excluding hydrogens is 200 g/mol. The molecule has 1 aliphatic carbocycles. The van der Waals surface area contributed by atoms with Gasteiger partial charge in [-0.05, 0) is 13.5 Å². The fourth-order valence-electron chi connectivity index (χ4n) is 2.38. The maximum Gasteiger partial charge on any atom is 0.142 e. The third-order valence-corrected chi connectivity index (χ3v) is 3.21. The molecule has 3 heteroatoms. The minimum Gasteiger partial charge on any atom is -0.360 e. The van der Waals surface area contributed by atoms with Gasteiger partial charge in [0.2, 0.25) is 0 Å². The van der Waals surface area contributed by atoms with Gasteiger partial charge >= 0.3 is 0 Å². The highest BCUT2D eigenvalue weighted by Gasteiger charge is 2.29. The van der Waals surface area contributed by atoms with Crippen molar-refractivity contribution >= 4 is 0 Å². The zero-order valence-electron chi connectivity index (χ0n) is 9.23. The van der Waals surface area contributed by atoms with E-state index < -0.39 is 0 Å². The zero-order chi connectivity index (χ0) is 11.0. The van der Waals surface area contributed by atoms with Gasteiger partial charge in [0, 0.05) is 23.6 Å². The predicted octanol–water partition coefficient (Wildman–Crippen LogP) is 2.55. The van der Waals surface area contributed by atoms with E-state index in [1.54, 1.807) is 0 Å². The second kappa shape index (κ2) is 3.76. The molecule has 3 nitrogen and oxygen atoms in total. The Hall–Kier alpha value is -1.61. The summed E-state index contributed by atoms with van der Waals surface area (Å²) in [5.41, 5.74) is 3.37. The molecule has 0 aliphatic heterocycles. The summed E-state index contributed by atoms with van der Waals surface area (Å²) in [4.78, 5) is 0. The lowest BCUT2D eigenvalue weighted by atomic mass is 10.0. The summed E-state index contributed by atoms with van der Waals surface area (Å²) in [7, 11) is 1.99. The molecule has 82 valence electrons. The highest BCUT2D eigenvalue weighted by molar-refractivity contribution is 5.64. The van der Waals surface area contributed by atoms with Crippen molar-refractivity contribution < 1.29 is 4.52 Å². The van der Waals surface area contributed by atoms with Gasteiger partial charge < -0.3 is 9.84 Å². The Labute approximate surface area is 94.5 Å². The Morgan fingerprint density at radius 2 is 2.12 bits per heavy atom. The normalized spacial score (nSPS) is 18.7. The van der Waals surface area contributed by atoms with Crippen molar-refractivity contribution in [2.45, 2.75) is 18.9 Å². The van der Waals surface area contributed by atoms with Crippen LogP contribution < -0.4 is 5.32 Å². The molecule has 0 amide bonds. The van der Waals surface area contributed by atoms with Crippen molar-refractivity contribution in [3.8, 4) is 11.3 Å². The SMILES string of the molecule is CNC1CCc2onc(-c3ccccc3)c21. The Morgan fingerprint density at radius 1 is 1.31 bits per heavy atom. The number of nitrogens with one attached hydrogen (secondary N) is 1. The summed E-state index contributed by atoms with van der Waals surface area (Å²) < 4.78 is 5.40. The molecule has 1 heterocycles. The predicted molar refractivity (Wildman–Crippen MR) is 62.1 cm³/mol. The average Bonchev–Trinajstić information content (AvgIpc) is 2.90. The van der Waals surface area contributed by atoms with Crippen molar-refractivity contribution in [3.63, 3.8) is 0 Å². The number of hydrogen-bond acceptors (Lipinski definition) is 3. The molecule has 0 spiro atoms. The third kappa shape index (κ3) is 1.36. The highest BCUT2D eigenvalue weighted by Crippen LogP contribution is 2.37. The number of rotatable bonds is 2. The summed E-state index contributed by atoms with van der Waals surface area (Å²) in [6.07, 6.45) is 2.09. The fourth-order valence-corrected chi connectivity index (χ4v) is 2.38. The first-order chi connectivity index (χ1) is 7.90. The van der Waals surface area contributed by atoms with Crippen LogP contribution >= 0.6 is 0 Å². The lowest BCUT2D eigenvalue weighted by Crippen LogP contribution is -2.13. The van der Waals surface area contributed by atoms with Crippen LogP contribution in [-0.4, -0.2) is 12.2 Å². The molecule has 0 saturated carbocycles. The Morgan fingerprint density at radius 3 is 2.88 bits per heavy atom. The van der Waals surface area contributed by atoms with Crippen LogP contribution in [0, 0.1) is 0 Å². The largest absolute Gasteiger partial charge is 0.360 e. The maximum atomic E-state index is 5.40. The van der Waals surface area contributed by atoms with E-state index in [1.165, 1.54) is 5.56 Å². The quantitative estimate of drug-likeness (QED) is 0.834. The van der Waals surface area contributed by atoms with Gasteiger partial charge in [0.15, 0.2) is 0 Å². The zero-order valence-corrected chi connectivity index (χ0v) is 9.23. The minimum atomic E-state index is 0.386. The molecule has 0 fully saturated rings. The summed E-state index contributed by atoms with van der Waals surface area (Å²) in [5, 5.41) is 7.51. The van der Waals surface area contributed by atoms with Crippen LogP contribution in [-0.2, 0) is 6.42 Å². The minimum absolute atomic E-state index is 0.386. The smallest absolute Gasteiger partial charge is 0.142 e. The Balaban J connectivity index is 2.10. The van der Waals surface area contributed by atoms with Gasteiger partial charge in [0.25, 0.3) is 0 Å². The first-order valence-electron chi connectivity index (χ1n) is 5.61. The van der Waals surface area contributed by atoms with Gasteiger partial charge in [-0.1, -0.05) is 35.5 Å². The van der Waals surface area contributed by atoms with Crippen molar-refractivity contribution in [2.75, 3.05) is 7.05 Å². The topological polar surface area (TPSA) is 38.1 Å². The Bertz CT molecular complexity index is 490. The number of aryl methyl sites for hydroxylation is 1. The molecule has 1 aliphatic rings. The molecule has 0 radical (unpaired) electrons. The van der Waals surface area contributed by atoms with E-state index in [0.717, 1.165) is 29.9 Å². The van der Waals surface area contributed by atoms with E-state index in [1.807, 2.05) is 25.2 Å². The number of nitrogens with zero attached hydrogens (tertiary/aromatic N) is 1. The average molecular weight is 214 g/mol. The standard InChI is InChI=1S/C13H14N2O/c1-14-10-7-8-11-12(10)13(15-16-11)9-5-3-2-4-6-9/h2-6,10,14H,7-8H2,1H3. The summed E-state index contributed by atoms with van der Waals surface area (Å²) in [6, 6.07) is 10.6. The van der Waals surface area contributed by atoms with E-state index in [9.17, 15) is 0 Å². The van der Waals surface area contributed by atoms with E-state index in [0.29, 0.717) is 6.04 Å². The van der Waals surface area contributed by atoms with Gasteiger partial charge in [0.05, 0.1) is 0 Å². The van der Waals surface area contributed by atoms with Gasteiger partial charge in [-0.2, -0.15) is 0 Å². The van der Waals surface area contributed by atoms with Crippen LogP contribution in [0.4, 0.5) is 0 Å². The van der Waals surface area contributed by atoms with Crippen LogP contribution in [0.1, 0.15) is 23.8 Å². The van der Waals surface area contributed by atoms with E-state index in [-0.39, 0.29) is 0 Å². The molecule has 3 rings (SSSR count). The molecule has 1 atom stereocenters. The van der Waals surface area contributed by atoms with Crippen molar-refractivity contribution in [1.82, 2.24) is 10.5 Å². The van der Waals surface area contributed by atoms with Crippen LogP contribution in [0.15, 0.2) is 34.9 Å². The van der Waals surface area contributed by atoms with Crippen LogP contribution in [0.25, 0.3) is 11.3 Å². The number of aromatic nitrogens is 1. The molecule has 0 bridgehead atoms. The van der Waals surface area contributed by atoms with E-state index in [4.69, 9.17) is 4.52 Å². The van der Waals surface area contributed by atoms with Gasteiger partial charge in [0.1, 0.15) is 11.5 Å².